The molecule has 1 aromatic rings. The summed E-state index contributed by atoms with van der Waals surface area (Å²) in [5, 5.41) is 6.99. The molecule has 0 aliphatic heterocycles. The first kappa shape index (κ1) is 13.5. The third-order valence-electron chi connectivity index (χ3n) is 1.98. The molecule has 0 aliphatic rings. The van der Waals surface area contributed by atoms with Gasteiger partial charge >= 0.3 is 6.36 Å². The van der Waals surface area contributed by atoms with Gasteiger partial charge < -0.3 is 5.32 Å². The van der Waals surface area contributed by atoms with Crippen LogP contribution in [0.25, 0.3) is 0 Å². The second-order valence-electron chi connectivity index (χ2n) is 3.49. The monoisotopic (exact) mass is 253 g/mol. The molecule has 0 aromatic carbocycles. The summed E-state index contributed by atoms with van der Waals surface area (Å²) in [6.07, 6.45) is -3.71. The van der Waals surface area contributed by atoms with Crippen molar-refractivity contribution >= 4 is 11.3 Å². The number of thiophene rings is 1. The Bertz CT molecular complexity index is 287. The first-order chi connectivity index (χ1) is 7.47. The van der Waals surface area contributed by atoms with Crippen molar-refractivity contribution in [2.45, 2.75) is 25.7 Å². The molecule has 2 nitrogen and oxygen atoms in total. The molecule has 6 heteroatoms. The van der Waals surface area contributed by atoms with E-state index in [-0.39, 0.29) is 19.2 Å². The van der Waals surface area contributed by atoms with Crippen molar-refractivity contribution in [2.75, 3.05) is 13.2 Å². The van der Waals surface area contributed by atoms with Crippen LogP contribution < -0.4 is 5.32 Å². The highest BCUT2D eigenvalue weighted by Crippen LogP contribution is 2.15. The molecule has 1 aromatic heterocycles. The molecule has 0 amide bonds. The topological polar surface area (TPSA) is 21.3 Å². The van der Waals surface area contributed by atoms with Crippen LogP contribution in [0.5, 0.6) is 0 Å². The summed E-state index contributed by atoms with van der Waals surface area (Å²) < 4.78 is 38.6. The molecule has 0 aliphatic carbocycles. The van der Waals surface area contributed by atoms with E-state index in [1.807, 2.05) is 23.8 Å². The number of ether oxygens (including phenoxy) is 1. The Morgan fingerprint density at radius 2 is 2.25 bits per heavy atom. The zero-order valence-corrected chi connectivity index (χ0v) is 9.70. The molecule has 0 saturated carbocycles. The van der Waals surface area contributed by atoms with Crippen molar-refractivity contribution in [3.8, 4) is 0 Å². The standard InChI is InChI=1S/C10H14F3NOS/c1-8(6-9-2-5-16-7-9)14-3-4-15-10(11,12)13/h2,5,7-8,14H,3-4,6H2,1H3. The first-order valence-electron chi connectivity index (χ1n) is 4.92. The van der Waals surface area contributed by atoms with E-state index < -0.39 is 6.36 Å². The Morgan fingerprint density at radius 3 is 2.81 bits per heavy atom. The summed E-state index contributed by atoms with van der Waals surface area (Å²) in [4.78, 5) is 0. The number of halogens is 3. The fraction of sp³-hybridized carbons (Fsp3) is 0.600. The number of hydrogen-bond acceptors (Lipinski definition) is 3. The number of hydrogen-bond donors (Lipinski definition) is 1. The lowest BCUT2D eigenvalue weighted by molar-refractivity contribution is -0.323. The van der Waals surface area contributed by atoms with E-state index in [2.05, 4.69) is 10.1 Å². The first-order valence-corrected chi connectivity index (χ1v) is 5.87. The smallest absolute Gasteiger partial charge is 0.312 e. The van der Waals surface area contributed by atoms with Crippen LogP contribution in [0.15, 0.2) is 16.8 Å². The van der Waals surface area contributed by atoms with Gasteiger partial charge in [0.2, 0.25) is 0 Å². The Kier molecular flexibility index (Phi) is 5.24. The number of nitrogens with one attached hydrogen (secondary N) is 1. The molecule has 1 N–H and O–H groups in total. The van der Waals surface area contributed by atoms with Crippen LogP contribution in [0.2, 0.25) is 0 Å². The van der Waals surface area contributed by atoms with E-state index in [0.717, 1.165) is 6.42 Å². The van der Waals surface area contributed by atoms with Gasteiger partial charge in [-0.25, -0.2) is 0 Å². The molecule has 1 unspecified atom stereocenters. The third-order valence-corrected chi connectivity index (χ3v) is 2.71. The maximum absolute atomic E-state index is 11.6. The van der Waals surface area contributed by atoms with Crippen LogP contribution in [0.3, 0.4) is 0 Å². The van der Waals surface area contributed by atoms with Crippen LogP contribution in [0.4, 0.5) is 13.2 Å². The summed E-state index contributed by atoms with van der Waals surface area (Å²) in [7, 11) is 0. The highest BCUT2D eigenvalue weighted by atomic mass is 32.1. The van der Waals surface area contributed by atoms with Crippen LogP contribution >= 0.6 is 11.3 Å². The van der Waals surface area contributed by atoms with Gasteiger partial charge in [0.15, 0.2) is 0 Å². The molecular weight excluding hydrogens is 239 g/mol. The van der Waals surface area contributed by atoms with Gasteiger partial charge in [-0.3, -0.25) is 4.74 Å². The van der Waals surface area contributed by atoms with E-state index in [9.17, 15) is 13.2 Å². The summed E-state index contributed by atoms with van der Waals surface area (Å²) in [6.45, 7) is 1.79. The van der Waals surface area contributed by atoms with Crippen LogP contribution in [0, 0.1) is 0 Å². The van der Waals surface area contributed by atoms with Crippen molar-refractivity contribution in [2.24, 2.45) is 0 Å². The summed E-state index contributed by atoms with van der Waals surface area (Å²) >= 11 is 1.61. The Labute approximate surface area is 96.4 Å². The molecule has 0 saturated heterocycles. The quantitative estimate of drug-likeness (QED) is 0.787. The zero-order chi connectivity index (χ0) is 12.0. The van der Waals surface area contributed by atoms with Crippen molar-refractivity contribution in [1.29, 1.82) is 0 Å². The predicted octanol–water partition coefficient (Wildman–Crippen LogP) is 2.81. The SMILES string of the molecule is CC(Cc1ccsc1)NCCOC(F)(F)F. The van der Waals surface area contributed by atoms with E-state index >= 15 is 0 Å². The molecule has 1 heterocycles. The molecule has 16 heavy (non-hydrogen) atoms. The Hall–Kier alpha value is -0.590. The normalized spacial score (nSPS) is 14.0. The van der Waals surface area contributed by atoms with Crippen LogP contribution in [0.1, 0.15) is 12.5 Å². The van der Waals surface area contributed by atoms with Crippen molar-refractivity contribution < 1.29 is 17.9 Å². The lowest BCUT2D eigenvalue weighted by Gasteiger charge is -2.13. The molecular formula is C10H14F3NOS. The van der Waals surface area contributed by atoms with E-state index in [1.165, 1.54) is 5.56 Å². The Balaban J connectivity index is 2.09. The maximum atomic E-state index is 11.6. The fourth-order valence-corrected chi connectivity index (χ4v) is 1.99. The maximum Gasteiger partial charge on any atom is 0.522 e. The summed E-state index contributed by atoms with van der Waals surface area (Å²) in [6, 6.07) is 2.15. The van der Waals surface area contributed by atoms with Gasteiger partial charge in [-0.1, -0.05) is 0 Å². The average Bonchev–Trinajstić information content (AvgIpc) is 2.63. The van der Waals surface area contributed by atoms with Gasteiger partial charge in [0.1, 0.15) is 0 Å². The highest BCUT2D eigenvalue weighted by Gasteiger charge is 2.28. The van der Waals surface area contributed by atoms with E-state index in [4.69, 9.17) is 0 Å². The van der Waals surface area contributed by atoms with Crippen LogP contribution in [-0.4, -0.2) is 25.6 Å². The molecule has 0 radical (unpaired) electrons. The second kappa shape index (κ2) is 6.22. The second-order valence-corrected chi connectivity index (χ2v) is 4.27. The molecule has 1 atom stereocenters. The molecule has 0 fully saturated rings. The zero-order valence-electron chi connectivity index (χ0n) is 8.88. The van der Waals surface area contributed by atoms with Gasteiger partial charge in [0, 0.05) is 12.6 Å². The molecule has 1 rings (SSSR count). The Morgan fingerprint density at radius 1 is 1.50 bits per heavy atom. The average molecular weight is 253 g/mol. The van der Waals surface area contributed by atoms with Gasteiger partial charge in [0.25, 0.3) is 0 Å². The lowest BCUT2D eigenvalue weighted by Crippen LogP contribution is -2.32. The van der Waals surface area contributed by atoms with Crippen molar-refractivity contribution in [3.63, 3.8) is 0 Å². The van der Waals surface area contributed by atoms with Crippen molar-refractivity contribution in [1.82, 2.24) is 5.32 Å². The predicted molar refractivity (Wildman–Crippen MR) is 57.5 cm³/mol. The van der Waals surface area contributed by atoms with Gasteiger partial charge in [-0.05, 0) is 35.7 Å². The van der Waals surface area contributed by atoms with E-state index in [0.29, 0.717) is 0 Å². The largest absolute Gasteiger partial charge is 0.522 e. The summed E-state index contributed by atoms with van der Waals surface area (Å²) in [5.41, 5.74) is 1.20. The number of alkyl halides is 3. The third kappa shape index (κ3) is 6.09. The van der Waals surface area contributed by atoms with Crippen molar-refractivity contribution in [3.05, 3.63) is 22.4 Å². The lowest BCUT2D eigenvalue weighted by atomic mass is 10.1. The summed E-state index contributed by atoms with van der Waals surface area (Å²) in [5.74, 6) is 0. The molecule has 92 valence electrons. The minimum Gasteiger partial charge on any atom is -0.312 e. The van der Waals surface area contributed by atoms with E-state index in [1.54, 1.807) is 11.3 Å². The highest BCUT2D eigenvalue weighted by molar-refractivity contribution is 7.07. The molecule has 0 bridgehead atoms. The number of rotatable bonds is 6. The minimum atomic E-state index is -4.53. The van der Waals surface area contributed by atoms with Crippen LogP contribution in [-0.2, 0) is 11.2 Å². The van der Waals surface area contributed by atoms with Gasteiger partial charge in [-0.15, -0.1) is 13.2 Å². The van der Waals surface area contributed by atoms with Gasteiger partial charge in [-0.2, -0.15) is 11.3 Å². The molecule has 0 spiro atoms. The fourth-order valence-electron chi connectivity index (χ4n) is 1.31. The van der Waals surface area contributed by atoms with Gasteiger partial charge in [0.05, 0.1) is 6.61 Å². The minimum absolute atomic E-state index is 0.145.